The molecule has 3 aromatic rings. The van der Waals surface area contributed by atoms with Crippen LogP contribution in [0.15, 0.2) is 53.9 Å². The van der Waals surface area contributed by atoms with Gasteiger partial charge in [0.25, 0.3) is 5.91 Å². The second-order valence-corrected chi connectivity index (χ2v) is 7.92. The van der Waals surface area contributed by atoms with Gasteiger partial charge in [0.1, 0.15) is 5.75 Å². The Hall–Kier alpha value is -2.37. The Balaban J connectivity index is 1.55. The molecule has 0 saturated carbocycles. The van der Waals surface area contributed by atoms with Gasteiger partial charge in [-0.3, -0.25) is 10.1 Å². The summed E-state index contributed by atoms with van der Waals surface area (Å²) in [5, 5.41) is 5.89. The highest BCUT2D eigenvalue weighted by atomic mass is 35.5. The van der Waals surface area contributed by atoms with E-state index in [1.807, 2.05) is 5.38 Å². The van der Waals surface area contributed by atoms with E-state index in [1.165, 1.54) is 16.9 Å². The molecular weight excluding hydrogens is 380 g/mol. The number of amides is 1. The van der Waals surface area contributed by atoms with Crippen LogP contribution in [0.2, 0.25) is 5.02 Å². The molecule has 0 aliphatic heterocycles. The molecule has 27 heavy (non-hydrogen) atoms. The predicted octanol–water partition coefficient (Wildman–Crippen LogP) is 5.68. The van der Waals surface area contributed by atoms with Crippen LogP contribution < -0.4 is 10.1 Å². The van der Waals surface area contributed by atoms with Gasteiger partial charge >= 0.3 is 0 Å². The second-order valence-electron chi connectivity index (χ2n) is 6.62. The van der Waals surface area contributed by atoms with Crippen LogP contribution in [-0.4, -0.2) is 17.5 Å². The zero-order chi connectivity index (χ0) is 19.2. The molecule has 1 heterocycles. The number of aromatic nitrogens is 1. The molecule has 0 aliphatic rings. The van der Waals surface area contributed by atoms with Crippen molar-refractivity contribution >= 4 is 34.0 Å². The number of hydrogen-bond donors (Lipinski definition) is 1. The molecule has 140 valence electrons. The van der Waals surface area contributed by atoms with Crippen molar-refractivity contribution in [2.24, 2.45) is 5.92 Å². The molecule has 0 atom stereocenters. The maximum Gasteiger partial charge on any atom is 0.264 e. The van der Waals surface area contributed by atoms with E-state index in [9.17, 15) is 4.79 Å². The number of benzene rings is 2. The third-order valence-corrected chi connectivity index (χ3v) is 4.84. The van der Waals surface area contributed by atoms with Crippen LogP contribution in [0.5, 0.6) is 5.75 Å². The number of carbonyl (C=O) groups excluding carboxylic acids is 1. The predicted molar refractivity (Wildman–Crippen MR) is 112 cm³/mol. The van der Waals surface area contributed by atoms with Gasteiger partial charge in [0.05, 0.1) is 5.69 Å². The molecule has 0 spiro atoms. The number of hydrogen-bond acceptors (Lipinski definition) is 4. The number of carbonyl (C=O) groups is 1. The van der Waals surface area contributed by atoms with Gasteiger partial charge in [-0.1, -0.05) is 49.7 Å². The average Bonchev–Trinajstić information content (AvgIpc) is 3.10. The molecule has 0 aliphatic carbocycles. The lowest BCUT2D eigenvalue weighted by molar-refractivity contribution is -0.118. The molecule has 1 amide bonds. The third kappa shape index (κ3) is 5.81. The normalized spacial score (nSPS) is 10.8. The minimum atomic E-state index is -0.252. The maximum absolute atomic E-state index is 12.1. The molecule has 4 nitrogen and oxygen atoms in total. The Labute approximate surface area is 168 Å². The van der Waals surface area contributed by atoms with Gasteiger partial charge in [-0.25, -0.2) is 4.98 Å². The molecule has 6 heteroatoms. The molecular formula is C21H21ClN2O2S. The lowest BCUT2D eigenvalue weighted by atomic mass is 10.0. The number of halogens is 1. The molecule has 2 aromatic carbocycles. The highest BCUT2D eigenvalue weighted by Crippen LogP contribution is 2.25. The topological polar surface area (TPSA) is 51.2 Å². The van der Waals surface area contributed by atoms with Crippen molar-refractivity contribution in [2.45, 2.75) is 20.3 Å². The summed E-state index contributed by atoms with van der Waals surface area (Å²) in [5.41, 5.74) is 3.21. The van der Waals surface area contributed by atoms with Crippen molar-refractivity contribution in [3.63, 3.8) is 0 Å². The molecule has 0 unspecified atom stereocenters. The summed E-state index contributed by atoms with van der Waals surface area (Å²) >= 11 is 7.22. The second kappa shape index (κ2) is 9.02. The number of nitrogens with one attached hydrogen (secondary N) is 1. The zero-order valence-electron chi connectivity index (χ0n) is 15.2. The number of anilines is 1. The van der Waals surface area contributed by atoms with Gasteiger partial charge in [0.15, 0.2) is 11.7 Å². The molecule has 3 rings (SSSR count). The van der Waals surface area contributed by atoms with Crippen molar-refractivity contribution < 1.29 is 9.53 Å². The molecule has 1 aromatic heterocycles. The summed E-state index contributed by atoms with van der Waals surface area (Å²) in [7, 11) is 0. The van der Waals surface area contributed by atoms with Crippen LogP contribution in [0.3, 0.4) is 0 Å². The molecule has 0 radical (unpaired) electrons. The Kier molecular flexibility index (Phi) is 6.48. The molecule has 1 N–H and O–H groups in total. The maximum atomic E-state index is 12.1. The van der Waals surface area contributed by atoms with Crippen molar-refractivity contribution in [3.8, 4) is 17.0 Å². The van der Waals surface area contributed by atoms with Gasteiger partial charge in [-0.05, 0) is 42.2 Å². The van der Waals surface area contributed by atoms with E-state index in [2.05, 4.69) is 48.4 Å². The van der Waals surface area contributed by atoms with Crippen LogP contribution in [0.4, 0.5) is 5.13 Å². The van der Waals surface area contributed by atoms with Crippen LogP contribution >= 0.6 is 22.9 Å². The number of ether oxygens (including phenoxy) is 1. The first kappa shape index (κ1) is 19.4. The summed E-state index contributed by atoms with van der Waals surface area (Å²) < 4.78 is 5.44. The molecule has 0 fully saturated rings. The largest absolute Gasteiger partial charge is 0.484 e. The van der Waals surface area contributed by atoms with Crippen LogP contribution in [0.1, 0.15) is 19.4 Å². The average molecular weight is 401 g/mol. The highest BCUT2D eigenvalue weighted by Gasteiger charge is 2.09. The van der Waals surface area contributed by atoms with E-state index in [-0.39, 0.29) is 12.5 Å². The van der Waals surface area contributed by atoms with Crippen molar-refractivity contribution in [1.82, 2.24) is 4.98 Å². The summed E-state index contributed by atoms with van der Waals surface area (Å²) in [6, 6.07) is 15.3. The fraction of sp³-hybridized carbons (Fsp3) is 0.238. The van der Waals surface area contributed by atoms with Crippen LogP contribution in [0.25, 0.3) is 11.3 Å². The van der Waals surface area contributed by atoms with E-state index >= 15 is 0 Å². The third-order valence-electron chi connectivity index (χ3n) is 3.83. The van der Waals surface area contributed by atoms with Crippen molar-refractivity contribution in [2.75, 3.05) is 11.9 Å². The first-order valence-corrected chi connectivity index (χ1v) is 9.98. The lowest BCUT2D eigenvalue weighted by Gasteiger charge is -2.06. The Morgan fingerprint density at radius 2 is 1.85 bits per heavy atom. The van der Waals surface area contributed by atoms with Gasteiger partial charge in [-0.2, -0.15) is 0 Å². The zero-order valence-corrected chi connectivity index (χ0v) is 16.8. The van der Waals surface area contributed by atoms with Crippen LogP contribution in [0, 0.1) is 5.92 Å². The summed E-state index contributed by atoms with van der Waals surface area (Å²) in [6.45, 7) is 4.33. The molecule has 0 saturated heterocycles. The first-order valence-electron chi connectivity index (χ1n) is 8.72. The fourth-order valence-corrected chi connectivity index (χ4v) is 3.44. The van der Waals surface area contributed by atoms with Gasteiger partial charge in [0, 0.05) is 16.0 Å². The van der Waals surface area contributed by atoms with Gasteiger partial charge in [-0.15, -0.1) is 11.3 Å². The Bertz CT molecular complexity index is 889. The van der Waals surface area contributed by atoms with Crippen molar-refractivity contribution in [1.29, 1.82) is 0 Å². The lowest BCUT2D eigenvalue weighted by Crippen LogP contribution is -2.20. The summed E-state index contributed by atoms with van der Waals surface area (Å²) in [6.07, 6.45) is 1.06. The van der Waals surface area contributed by atoms with Crippen molar-refractivity contribution in [3.05, 3.63) is 64.5 Å². The minimum Gasteiger partial charge on any atom is -0.484 e. The smallest absolute Gasteiger partial charge is 0.264 e. The number of rotatable bonds is 7. The molecule has 0 bridgehead atoms. The Morgan fingerprint density at radius 3 is 2.52 bits per heavy atom. The minimum absolute atomic E-state index is 0.0829. The monoisotopic (exact) mass is 400 g/mol. The SMILES string of the molecule is CC(C)Cc1ccc(-c2csc(NC(=O)COc3ccc(Cl)cc3)n2)cc1. The van der Waals surface area contributed by atoms with E-state index in [0.717, 1.165) is 17.7 Å². The quantitative estimate of drug-likeness (QED) is 0.555. The Morgan fingerprint density at radius 1 is 1.15 bits per heavy atom. The summed E-state index contributed by atoms with van der Waals surface area (Å²) in [4.78, 5) is 16.5. The number of thiazole rings is 1. The van der Waals surface area contributed by atoms with E-state index < -0.39 is 0 Å². The van der Waals surface area contributed by atoms with E-state index in [4.69, 9.17) is 16.3 Å². The fourth-order valence-electron chi connectivity index (χ4n) is 2.58. The summed E-state index contributed by atoms with van der Waals surface area (Å²) in [5.74, 6) is 0.973. The van der Waals surface area contributed by atoms with Gasteiger partial charge in [0.2, 0.25) is 0 Å². The van der Waals surface area contributed by atoms with Crippen LogP contribution in [-0.2, 0) is 11.2 Å². The first-order chi connectivity index (χ1) is 13.0. The standard InChI is InChI=1S/C21H21ClN2O2S/c1-14(2)11-15-3-5-16(6-4-15)19-13-27-21(23-19)24-20(25)12-26-18-9-7-17(22)8-10-18/h3-10,13-14H,11-12H2,1-2H3,(H,23,24,25). The van der Waals surface area contributed by atoms with E-state index in [0.29, 0.717) is 21.8 Å². The number of nitrogens with zero attached hydrogens (tertiary/aromatic N) is 1. The van der Waals surface area contributed by atoms with Gasteiger partial charge < -0.3 is 4.74 Å². The highest BCUT2D eigenvalue weighted by molar-refractivity contribution is 7.14. The van der Waals surface area contributed by atoms with E-state index in [1.54, 1.807) is 24.3 Å².